The van der Waals surface area contributed by atoms with Gasteiger partial charge in [0.25, 0.3) is 0 Å². The summed E-state index contributed by atoms with van der Waals surface area (Å²) in [5.74, 6) is -1.05. The molecule has 0 atom stereocenters. The highest BCUT2D eigenvalue weighted by molar-refractivity contribution is 7.54. The van der Waals surface area contributed by atoms with Gasteiger partial charge in [0.15, 0.2) is 0 Å². The van der Waals surface area contributed by atoms with Gasteiger partial charge in [0, 0.05) is 0 Å². The van der Waals surface area contributed by atoms with E-state index in [1.807, 2.05) is 0 Å². The van der Waals surface area contributed by atoms with Gasteiger partial charge in [0.1, 0.15) is 17.8 Å². The van der Waals surface area contributed by atoms with Crippen molar-refractivity contribution in [1.82, 2.24) is 4.90 Å². The quantitative estimate of drug-likeness (QED) is 0.276. The van der Waals surface area contributed by atoms with Gasteiger partial charge in [-0.15, -0.1) is 0 Å². The predicted octanol–water partition coefficient (Wildman–Crippen LogP) is 5.68. The van der Waals surface area contributed by atoms with E-state index in [0.29, 0.717) is 12.1 Å². The molecule has 32 heavy (non-hydrogen) atoms. The van der Waals surface area contributed by atoms with Crippen LogP contribution in [0, 0.1) is 22.7 Å². The number of rotatable bonds is 8. The SMILES string of the molecule is N#CCN(CC#N)CP(=O)(Oc1cccc(C(F)(F)F)c1)Oc1cccc(C(F)(F)F)c1. The Hall–Kier alpha value is -3.21. The summed E-state index contributed by atoms with van der Waals surface area (Å²) in [5.41, 5.74) is -2.24. The fourth-order valence-electron chi connectivity index (χ4n) is 2.46. The van der Waals surface area contributed by atoms with Crippen LogP contribution in [0.5, 0.6) is 11.5 Å². The van der Waals surface area contributed by atoms with Crippen molar-refractivity contribution in [2.75, 3.05) is 19.4 Å². The van der Waals surface area contributed by atoms with E-state index in [2.05, 4.69) is 0 Å². The first kappa shape index (κ1) is 25.1. The van der Waals surface area contributed by atoms with Gasteiger partial charge >= 0.3 is 19.9 Å². The number of benzene rings is 2. The Morgan fingerprint density at radius 2 is 1.22 bits per heavy atom. The Bertz CT molecular complexity index is 996. The number of alkyl halides is 6. The molecular formula is C19H14F6N3O3P. The molecule has 0 N–H and O–H groups in total. The first-order chi connectivity index (χ1) is 14.9. The van der Waals surface area contributed by atoms with Gasteiger partial charge in [-0.05, 0) is 36.4 Å². The van der Waals surface area contributed by atoms with Gasteiger partial charge in [-0.1, -0.05) is 12.1 Å². The third-order valence-corrected chi connectivity index (χ3v) is 5.50. The van der Waals surface area contributed by atoms with Crippen LogP contribution in [0.3, 0.4) is 0 Å². The summed E-state index contributed by atoms with van der Waals surface area (Å²) in [6.45, 7) is -0.842. The van der Waals surface area contributed by atoms with Crippen molar-refractivity contribution in [3.05, 3.63) is 59.7 Å². The average molecular weight is 477 g/mol. The van der Waals surface area contributed by atoms with E-state index in [9.17, 15) is 30.9 Å². The Labute approximate surface area is 178 Å². The normalized spacial score (nSPS) is 12.2. The number of hydrogen-bond donors (Lipinski definition) is 0. The molecule has 0 aliphatic heterocycles. The number of nitriles is 2. The highest BCUT2D eigenvalue weighted by Crippen LogP contribution is 2.50. The van der Waals surface area contributed by atoms with E-state index in [0.717, 1.165) is 41.3 Å². The summed E-state index contributed by atoms with van der Waals surface area (Å²) >= 11 is 0. The number of hydrogen-bond acceptors (Lipinski definition) is 6. The summed E-state index contributed by atoms with van der Waals surface area (Å²) < 4.78 is 102. The fourth-order valence-corrected chi connectivity index (χ4v) is 4.17. The minimum atomic E-state index is -4.74. The largest absolute Gasteiger partial charge is 0.444 e. The molecule has 0 aromatic heterocycles. The predicted molar refractivity (Wildman–Crippen MR) is 99.4 cm³/mol. The zero-order valence-corrected chi connectivity index (χ0v) is 16.9. The maximum atomic E-state index is 13.4. The van der Waals surface area contributed by atoms with E-state index in [1.165, 1.54) is 0 Å². The standard InChI is InChI=1S/C19H14F6N3O3P/c20-18(21,22)14-3-1-5-16(11-14)30-32(29,13-28(9-7-26)10-8-27)31-17-6-2-4-15(12-17)19(23,24)25/h1-6,11-12H,9-10,13H2. The van der Waals surface area contributed by atoms with Crippen molar-refractivity contribution in [3.8, 4) is 23.6 Å². The molecular weight excluding hydrogens is 463 g/mol. The topological polar surface area (TPSA) is 86.4 Å². The lowest BCUT2D eigenvalue weighted by molar-refractivity contribution is -0.138. The maximum absolute atomic E-state index is 13.4. The van der Waals surface area contributed by atoms with Crippen molar-refractivity contribution < 1.29 is 40.0 Å². The first-order valence-electron chi connectivity index (χ1n) is 8.65. The van der Waals surface area contributed by atoms with Crippen LogP contribution in [-0.4, -0.2) is 24.3 Å². The van der Waals surface area contributed by atoms with Gasteiger partial charge in [-0.25, -0.2) is 4.57 Å². The molecule has 2 aromatic carbocycles. The van der Waals surface area contributed by atoms with Gasteiger partial charge in [0.05, 0.1) is 36.4 Å². The Morgan fingerprint density at radius 3 is 1.56 bits per heavy atom. The van der Waals surface area contributed by atoms with Gasteiger partial charge in [0.2, 0.25) is 0 Å². The van der Waals surface area contributed by atoms with Crippen LogP contribution in [0.1, 0.15) is 11.1 Å². The molecule has 0 spiro atoms. The molecule has 13 heteroatoms. The van der Waals surface area contributed by atoms with Crippen LogP contribution in [0.25, 0.3) is 0 Å². The molecule has 0 heterocycles. The summed E-state index contributed by atoms with van der Waals surface area (Å²) in [7, 11) is -4.53. The van der Waals surface area contributed by atoms with E-state index in [-0.39, 0.29) is 0 Å². The lowest BCUT2D eigenvalue weighted by Gasteiger charge is -2.25. The molecule has 0 bridgehead atoms. The van der Waals surface area contributed by atoms with Crippen LogP contribution in [-0.2, 0) is 16.9 Å². The number of nitrogens with zero attached hydrogens (tertiary/aromatic N) is 3. The molecule has 0 saturated carbocycles. The highest BCUT2D eigenvalue weighted by atomic mass is 31.2. The van der Waals surface area contributed by atoms with Crippen LogP contribution >= 0.6 is 7.60 Å². The third kappa shape index (κ3) is 7.19. The minimum Gasteiger partial charge on any atom is -0.415 e. The van der Waals surface area contributed by atoms with Crippen LogP contribution in [0.2, 0.25) is 0 Å². The second-order valence-electron chi connectivity index (χ2n) is 6.29. The summed E-state index contributed by atoms with van der Waals surface area (Å²) in [6, 6.07) is 10.0. The van der Waals surface area contributed by atoms with Crippen molar-refractivity contribution >= 4 is 7.60 Å². The molecule has 0 fully saturated rings. The van der Waals surface area contributed by atoms with Gasteiger partial charge in [-0.3, -0.25) is 4.90 Å². The van der Waals surface area contributed by atoms with E-state index < -0.39 is 61.9 Å². The Balaban J connectivity index is 2.43. The molecule has 2 rings (SSSR count). The second-order valence-corrected chi connectivity index (χ2v) is 8.16. The third-order valence-electron chi connectivity index (χ3n) is 3.77. The second kappa shape index (κ2) is 9.94. The molecule has 170 valence electrons. The molecule has 0 aliphatic carbocycles. The van der Waals surface area contributed by atoms with E-state index in [1.54, 1.807) is 12.1 Å². The maximum Gasteiger partial charge on any atom is 0.444 e. The fraction of sp³-hybridized carbons (Fsp3) is 0.263. The number of halogens is 6. The lowest BCUT2D eigenvalue weighted by atomic mass is 10.2. The van der Waals surface area contributed by atoms with E-state index >= 15 is 0 Å². The Morgan fingerprint density at radius 1 is 0.812 bits per heavy atom. The molecule has 0 saturated heterocycles. The molecule has 2 aromatic rings. The first-order valence-corrected chi connectivity index (χ1v) is 10.4. The van der Waals surface area contributed by atoms with Crippen LogP contribution in [0.15, 0.2) is 48.5 Å². The lowest BCUT2D eigenvalue weighted by Crippen LogP contribution is -2.28. The molecule has 0 unspecified atom stereocenters. The average Bonchev–Trinajstić information content (AvgIpc) is 2.67. The molecule has 6 nitrogen and oxygen atoms in total. The summed E-state index contributed by atoms with van der Waals surface area (Å²) in [5, 5.41) is 17.7. The van der Waals surface area contributed by atoms with Gasteiger partial charge in [-0.2, -0.15) is 36.9 Å². The zero-order valence-electron chi connectivity index (χ0n) is 16.0. The van der Waals surface area contributed by atoms with Crippen molar-refractivity contribution in [2.45, 2.75) is 12.4 Å². The molecule has 0 amide bonds. The smallest absolute Gasteiger partial charge is 0.415 e. The highest BCUT2D eigenvalue weighted by Gasteiger charge is 2.35. The van der Waals surface area contributed by atoms with Crippen molar-refractivity contribution in [3.63, 3.8) is 0 Å². The van der Waals surface area contributed by atoms with Gasteiger partial charge < -0.3 is 9.05 Å². The molecule has 0 radical (unpaired) electrons. The van der Waals surface area contributed by atoms with Crippen molar-refractivity contribution in [1.29, 1.82) is 10.5 Å². The molecule has 0 aliphatic rings. The monoisotopic (exact) mass is 477 g/mol. The summed E-state index contributed by atoms with van der Waals surface area (Å²) in [4.78, 5) is 1.02. The minimum absolute atomic E-state index is 0.421. The Kier molecular flexibility index (Phi) is 7.78. The van der Waals surface area contributed by atoms with E-state index in [4.69, 9.17) is 19.6 Å². The zero-order chi connectivity index (χ0) is 24.0. The van der Waals surface area contributed by atoms with Crippen LogP contribution < -0.4 is 9.05 Å². The van der Waals surface area contributed by atoms with Crippen molar-refractivity contribution in [2.24, 2.45) is 0 Å². The summed E-state index contributed by atoms with van der Waals surface area (Å²) in [6.07, 6.45) is -10.2. The van der Waals surface area contributed by atoms with Crippen LogP contribution in [0.4, 0.5) is 26.3 Å².